The Balaban J connectivity index is 2.37. The Morgan fingerprint density at radius 2 is 2.28 bits per heavy atom. The fourth-order valence-corrected chi connectivity index (χ4v) is 3.91. The maximum Gasteiger partial charge on any atom is 0.245 e. The molecule has 1 aromatic rings. The van der Waals surface area contributed by atoms with Crippen LogP contribution in [0.5, 0.6) is 0 Å². The second kappa shape index (κ2) is 4.91. The first-order valence-corrected chi connectivity index (χ1v) is 7.14. The van der Waals surface area contributed by atoms with Gasteiger partial charge in [-0.05, 0) is 18.4 Å². The second-order valence-electron chi connectivity index (χ2n) is 4.47. The lowest BCUT2D eigenvalue weighted by molar-refractivity contribution is 0.191. The lowest BCUT2D eigenvalue weighted by Gasteiger charge is -2.24. The lowest BCUT2D eigenvalue weighted by Crippen LogP contribution is -2.39. The van der Waals surface area contributed by atoms with Gasteiger partial charge in [0.25, 0.3) is 0 Å². The van der Waals surface area contributed by atoms with Gasteiger partial charge in [-0.1, -0.05) is 6.92 Å². The van der Waals surface area contributed by atoms with Crippen LogP contribution in [0, 0.1) is 11.7 Å². The summed E-state index contributed by atoms with van der Waals surface area (Å²) in [6.45, 7) is 1.99. The molecule has 1 fully saturated rings. The van der Waals surface area contributed by atoms with Crippen molar-refractivity contribution in [1.82, 2.24) is 9.29 Å². The molecule has 0 bridgehead atoms. The van der Waals surface area contributed by atoms with E-state index >= 15 is 0 Å². The van der Waals surface area contributed by atoms with Crippen molar-refractivity contribution < 1.29 is 17.9 Å². The molecule has 1 aromatic heterocycles. The minimum absolute atomic E-state index is 0.0892. The fourth-order valence-electron chi connectivity index (χ4n) is 2.21. The second-order valence-corrected chi connectivity index (χ2v) is 6.36. The quantitative estimate of drug-likeness (QED) is 0.877. The van der Waals surface area contributed by atoms with E-state index in [1.54, 1.807) is 0 Å². The zero-order valence-electron chi connectivity index (χ0n) is 9.95. The lowest BCUT2D eigenvalue weighted by atomic mass is 10.0. The molecule has 2 heterocycles. The Morgan fingerprint density at radius 3 is 2.89 bits per heavy atom. The minimum Gasteiger partial charge on any atom is -0.395 e. The van der Waals surface area contributed by atoms with Gasteiger partial charge in [-0.2, -0.15) is 4.31 Å². The van der Waals surface area contributed by atoms with E-state index in [0.717, 1.165) is 18.5 Å². The molecule has 1 aliphatic rings. The van der Waals surface area contributed by atoms with Crippen LogP contribution in [0.15, 0.2) is 23.4 Å². The highest BCUT2D eigenvalue weighted by molar-refractivity contribution is 7.89. The Bertz CT molecular complexity index is 535. The van der Waals surface area contributed by atoms with Crippen LogP contribution in [0.3, 0.4) is 0 Å². The maximum absolute atomic E-state index is 13.0. The summed E-state index contributed by atoms with van der Waals surface area (Å²) in [6, 6.07) is 0.498. The molecule has 7 heteroatoms. The van der Waals surface area contributed by atoms with Gasteiger partial charge in [0.1, 0.15) is 10.7 Å². The Morgan fingerprint density at radius 1 is 1.56 bits per heavy atom. The normalized spacial score (nSPS) is 25.5. The maximum atomic E-state index is 13.0. The molecule has 2 rings (SSSR count). The van der Waals surface area contributed by atoms with Gasteiger partial charge >= 0.3 is 0 Å². The Labute approximate surface area is 105 Å². The number of aromatic nitrogens is 1. The van der Waals surface area contributed by atoms with Crippen LogP contribution in [-0.4, -0.2) is 42.0 Å². The first kappa shape index (κ1) is 13.4. The molecular weight excluding hydrogens is 259 g/mol. The number of halogens is 1. The van der Waals surface area contributed by atoms with E-state index in [-0.39, 0.29) is 17.4 Å². The van der Waals surface area contributed by atoms with Gasteiger partial charge in [-0.25, -0.2) is 12.8 Å². The molecule has 2 unspecified atom stereocenters. The molecule has 1 aliphatic heterocycles. The molecule has 1 saturated heterocycles. The molecule has 0 amide bonds. The van der Waals surface area contributed by atoms with Crippen LogP contribution in [0.4, 0.5) is 4.39 Å². The van der Waals surface area contributed by atoms with Crippen molar-refractivity contribution in [2.45, 2.75) is 24.3 Å². The van der Waals surface area contributed by atoms with Crippen molar-refractivity contribution in [2.75, 3.05) is 13.2 Å². The largest absolute Gasteiger partial charge is 0.395 e. The van der Waals surface area contributed by atoms with Gasteiger partial charge in [0, 0.05) is 12.7 Å². The number of aliphatic hydroxyl groups excluding tert-OH is 1. The minimum atomic E-state index is -3.78. The molecule has 0 saturated carbocycles. The number of aliphatic hydroxyl groups is 1. The van der Waals surface area contributed by atoms with Crippen molar-refractivity contribution in [3.05, 3.63) is 24.3 Å². The van der Waals surface area contributed by atoms with Crippen molar-refractivity contribution in [1.29, 1.82) is 0 Å². The molecule has 0 aromatic carbocycles. The molecule has 18 heavy (non-hydrogen) atoms. The third kappa shape index (κ3) is 2.25. The fraction of sp³-hybridized carbons (Fsp3) is 0.545. The summed E-state index contributed by atoms with van der Waals surface area (Å²) in [5.74, 6) is -0.602. The van der Waals surface area contributed by atoms with Crippen molar-refractivity contribution in [3.8, 4) is 0 Å². The van der Waals surface area contributed by atoms with Crippen LogP contribution in [0.25, 0.3) is 0 Å². The highest BCUT2D eigenvalue weighted by atomic mass is 32.2. The van der Waals surface area contributed by atoms with Crippen LogP contribution in [0.2, 0.25) is 0 Å². The zero-order chi connectivity index (χ0) is 13.3. The number of hydrogen-bond acceptors (Lipinski definition) is 4. The van der Waals surface area contributed by atoms with Gasteiger partial charge in [0.2, 0.25) is 10.0 Å². The van der Waals surface area contributed by atoms with Gasteiger partial charge in [0.05, 0.1) is 18.8 Å². The third-order valence-electron chi connectivity index (χ3n) is 3.31. The molecule has 0 aliphatic carbocycles. The number of nitrogens with zero attached hydrogens (tertiary/aromatic N) is 2. The highest BCUT2D eigenvalue weighted by Gasteiger charge is 2.39. The molecule has 2 atom stereocenters. The van der Waals surface area contributed by atoms with Gasteiger partial charge in [-0.3, -0.25) is 4.98 Å². The first-order chi connectivity index (χ1) is 8.46. The predicted octanol–water partition coefficient (Wildman–Crippen LogP) is 0.612. The van der Waals surface area contributed by atoms with Crippen LogP contribution >= 0.6 is 0 Å². The van der Waals surface area contributed by atoms with E-state index in [0.29, 0.717) is 13.0 Å². The van der Waals surface area contributed by atoms with Gasteiger partial charge < -0.3 is 5.11 Å². The van der Waals surface area contributed by atoms with Crippen molar-refractivity contribution >= 4 is 10.0 Å². The highest BCUT2D eigenvalue weighted by Crippen LogP contribution is 2.29. The SMILES string of the molecule is CC1CCN(S(=O)(=O)c2cncc(F)c2)C1CO. The molecular formula is C11H15FN2O3S. The summed E-state index contributed by atoms with van der Waals surface area (Å²) < 4.78 is 38.9. The molecule has 0 spiro atoms. The van der Waals surface area contributed by atoms with E-state index in [1.807, 2.05) is 6.92 Å². The molecule has 1 N–H and O–H groups in total. The van der Waals surface area contributed by atoms with Crippen molar-refractivity contribution in [2.24, 2.45) is 5.92 Å². The molecule has 100 valence electrons. The van der Waals surface area contributed by atoms with E-state index in [2.05, 4.69) is 4.98 Å². The summed E-state index contributed by atoms with van der Waals surface area (Å²) >= 11 is 0. The average molecular weight is 274 g/mol. The number of hydrogen-bond donors (Lipinski definition) is 1. The van der Waals surface area contributed by atoms with Crippen LogP contribution < -0.4 is 0 Å². The van der Waals surface area contributed by atoms with Crippen LogP contribution in [0.1, 0.15) is 13.3 Å². The van der Waals surface area contributed by atoms with E-state index in [1.165, 1.54) is 4.31 Å². The summed E-state index contributed by atoms with van der Waals surface area (Å²) in [4.78, 5) is 3.38. The van der Waals surface area contributed by atoms with E-state index < -0.39 is 21.9 Å². The summed E-state index contributed by atoms with van der Waals surface area (Å²) in [5, 5.41) is 9.28. The summed E-state index contributed by atoms with van der Waals surface area (Å²) in [7, 11) is -3.78. The Hall–Kier alpha value is -1.05. The topological polar surface area (TPSA) is 70.5 Å². The number of rotatable bonds is 3. The molecule has 0 radical (unpaired) electrons. The number of pyridine rings is 1. The third-order valence-corrected chi connectivity index (χ3v) is 5.19. The van der Waals surface area contributed by atoms with E-state index in [4.69, 9.17) is 0 Å². The van der Waals surface area contributed by atoms with Crippen LogP contribution in [-0.2, 0) is 10.0 Å². The average Bonchev–Trinajstić information content (AvgIpc) is 2.71. The smallest absolute Gasteiger partial charge is 0.245 e. The predicted molar refractivity (Wildman–Crippen MR) is 62.7 cm³/mol. The van der Waals surface area contributed by atoms with Gasteiger partial charge in [-0.15, -0.1) is 0 Å². The standard InChI is InChI=1S/C11H15FN2O3S/c1-8-2-3-14(11(8)7-15)18(16,17)10-4-9(12)5-13-6-10/h4-6,8,11,15H,2-3,7H2,1H3. The molecule has 5 nitrogen and oxygen atoms in total. The van der Waals surface area contributed by atoms with E-state index in [9.17, 15) is 17.9 Å². The van der Waals surface area contributed by atoms with Gasteiger partial charge in [0.15, 0.2) is 0 Å². The zero-order valence-corrected chi connectivity index (χ0v) is 10.8. The summed E-state index contributed by atoms with van der Waals surface area (Å²) in [6.07, 6.45) is 2.76. The van der Waals surface area contributed by atoms with Crippen molar-refractivity contribution in [3.63, 3.8) is 0 Å². The monoisotopic (exact) mass is 274 g/mol. The number of sulfonamides is 1. The summed E-state index contributed by atoms with van der Waals surface area (Å²) in [5.41, 5.74) is 0. The first-order valence-electron chi connectivity index (χ1n) is 5.70. The Kier molecular flexibility index (Phi) is 3.65.